The molecule has 6 nitrogen and oxygen atoms in total. The van der Waals surface area contributed by atoms with Gasteiger partial charge in [-0.05, 0) is 37.1 Å². The van der Waals surface area contributed by atoms with E-state index in [1.54, 1.807) is 0 Å². The fourth-order valence-electron chi connectivity index (χ4n) is 2.06. The van der Waals surface area contributed by atoms with Crippen LogP contribution in [0.1, 0.15) is 31.4 Å². The summed E-state index contributed by atoms with van der Waals surface area (Å²) < 4.78 is 19.3. The van der Waals surface area contributed by atoms with Crippen LogP contribution in [0.2, 0.25) is 0 Å². The Hall–Kier alpha value is -2.72. The Morgan fingerprint density at radius 3 is 2.74 bits per heavy atom. The molecule has 0 aliphatic carbocycles. The number of anilines is 2. The van der Waals surface area contributed by atoms with E-state index in [1.807, 2.05) is 19.9 Å². The Morgan fingerprint density at radius 1 is 1.35 bits per heavy atom. The van der Waals surface area contributed by atoms with E-state index in [0.717, 1.165) is 6.42 Å². The Bertz CT molecular complexity index is 757. The van der Waals surface area contributed by atoms with Crippen LogP contribution in [0.4, 0.5) is 16.2 Å². The smallest absolute Gasteiger partial charge is 0.222 e. The SMILES string of the molecule is CCC(C)OCc1cc(F)ccc1-c1nc(N)nc(N)c1C#N. The first kappa shape index (κ1) is 16.6. The number of nitrogens with zero attached hydrogens (tertiary/aromatic N) is 3. The number of nitrogens with two attached hydrogens (primary N) is 2. The number of nitriles is 1. The standard InChI is InChI=1S/C16H18FN5O/c1-3-9(2)23-8-10-6-11(17)4-5-12(10)14-13(7-18)15(19)22-16(20)21-14/h4-6,9H,3,8H2,1-2H3,(H4,19,20,21,22). The maximum Gasteiger partial charge on any atom is 0.222 e. The number of ether oxygens (including phenoxy) is 1. The van der Waals surface area contributed by atoms with Gasteiger partial charge in [0.05, 0.1) is 18.4 Å². The van der Waals surface area contributed by atoms with Crippen molar-refractivity contribution in [2.24, 2.45) is 0 Å². The molecule has 7 heteroatoms. The van der Waals surface area contributed by atoms with Crippen LogP contribution in [-0.2, 0) is 11.3 Å². The van der Waals surface area contributed by atoms with Gasteiger partial charge in [-0.2, -0.15) is 10.2 Å². The summed E-state index contributed by atoms with van der Waals surface area (Å²) in [5, 5.41) is 9.30. The van der Waals surface area contributed by atoms with Crippen LogP contribution in [0.15, 0.2) is 18.2 Å². The lowest BCUT2D eigenvalue weighted by Crippen LogP contribution is -2.09. The van der Waals surface area contributed by atoms with Crippen molar-refractivity contribution in [3.8, 4) is 17.3 Å². The molecule has 0 aliphatic rings. The monoisotopic (exact) mass is 315 g/mol. The molecule has 1 heterocycles. The third-order valence-electron chi connectivity index (χ3n) is 3.49. The van der Waals surface area contributed by atoms with Gasteiger partial charge in [0.2, 0.25) is 5.95 Å². The largest absolute Gasteiger partial charge is 0.382 e. The number of rotatable bonds is 5. The lowest BCUT2D eigenvalue weighted by Gasteiger charge is -2.15. The van der Waals surface area contributed by atoms with Crippen molar-refractivity contribution in [1.29, 1.82) is 5.26 Å². The highest BCUT2D eigenvalue weighted by Gasteiger charge is 2.17. The molecular weight excluding hydrogens is 297 g/mol. The van der Waals surface area contributed by atoms with E-state index in [0.29, 0.717) is 11.1 Å². The summed E-state index contributed by atoms with van der Waals surface area (Å²) in [4.78, 5) is 7.88. The second-order valence-corrected chi connectivity index (χ2v) is 5.13. The third-order valence-corrected chi connectivity index (χ3v) is 3.49. The number of nitrogen functional groups attached to an aromatic ring is 2. The van der Waals surface area contributed by atoms with Crippen molar-refractivity contribution in [3.63, 3.8) is 0 Å². The predicted octanol–water partition coefficient (Wildman–Crippen LogP) is 2.63. The van der Waals surface area contributed by atoms with Gasteiger partial charge < -0.3 is 16.2 Å². The lowest BCUT2D eigenvalue weighted by molar-refractivity contribution is 0.0509. The minimum Gasteiger partial charge on any atom is -0.382 e. The minimum absolute atomic E-state index is 0.00637. The van der Waals surface area contributed by atoms with Gasteiger partial charge in [-0.3, -0.25) is 0 Å². The summed E-state index contributed by atoms with van der Waals surface area (Å²) in [6.07, 6.45) is 0.865. The zero-order valence-corrected chi connectivity index (χ0v) is 13.0. The number of hydrogen-bond acceptors (Lipinski definition) is 6. The Kier molecular flexibility index (Phi) is 5.09. The second-order valence-electron chi connectivity index (χ2n) is 5.13. The molecule has 1 unspecified atom stereocenters. The molecule has 4 N–H and O–H groups in total. The highest BCUT2D eigenvalue weighted by molar-refractivity contribution is 5.75. The molecule has 1 aromatic heterocycles. The van der Waals surface area contributed by atoms with Crippen molar-refractivity contribution in [1.82, 2.24) is 9.97 Å². The Balaban J connectivity index is 2.54. The molecule has 0 saturated heterocycles. The maximum atomic E-state index is 13.6. The molecule has 0 saturated carbocycles. The van der Waals surface area contributed by atoms with Gasteiger partial charge in [-0.15, -0.1) is 0 Å². The molecule has 0 spiro atoms. The fraction of sp³-hybridized carbons (Fsp3) is 0.312. The second kappa shape index (κ2) is 7.03. The quantitative estimate of drug-likeness (QED) is 0.877. The van der Waals surface area contributed by atoms with Crippen molar-refractivity contribution in [2.45, 2.75) is 33.0 Å². The molecule has 0 bridgehead atoms. The van der Waals surface area contributed by atoms with E-state index >= 15 is 0 Å². The van der Waals surface area contributed by atoms with Crippen LogP contribution in [0.5, 0.6) is 0 Å². The van der Waals surface area contributed by atoms with Crippen molar-refractivity contribution < 1.29 is 9.13 Å². The Morgan fingerprint density at radius 2 is 2.09 bits per heavy atom. The highest BCUT2D eigenvalue weighted by atomic mass is 19.1. The van der Waals surface area contributed by atoms with Crippen LogP contribution >= 0.6 is 0 Å². The van der Waals surface area contributed by atoms with Gasteiger partial charge >= 0.3 is 0 Å². The van der Waals surface area contributed by atoms with E-state index in [4.69, 9.17) is 16.2 Å². The van der Waals surface area contributed by atoms with Crippen molar-refractivity contribution in [2.75, 3.05) is 11.5 Å². The van der Waals surface area contributed by atoms with Gasteiger partial charge in [0.1, 0.15) is 23.3 Å². The van der Waals surface area contributed by atoms with E-state index in [-0.39, 0.29) is 35.7 Å². The molecule has 0 aliphatic heterocycles. The van der Waals surface area contributed by atoms with Crippen molar-refractivity contribution in [3.05, 3.63) is 35.1 Å². The maximum absolute atomic E-state index is 13.6. The van der Waals surface area contributed by atoms with Crippen molar-refractivity contribution >= 4 is 11.8 Å². The van der Waals surface area contributed by atoms with Gasteiger partial charge in [0.15, 0.2) is 0 Å². The average molecular weight is 315 g/mol. The number of aromatic nitrogens is 2. The summed E-state index contributed by atoms with van der Waals surface area (Å²) in [6, 6.07) is 6.15. The van der Waals surface area contributed by atoms with Crippen LogP contribution < -0.4 is 11.5 Å². The molecule has 2 rings (SSSR count). The van der Waals surface area contributed by atoms with E-state index in [9.17, 15) is 9.65 Å². The summed E-state index contributed by atoms with van der Waals surface area (Å²) in [5.41, 5.74) is 12.9. The van der Waals surface area contributed by atoms with Gasteiger partial charge in [0, 0.05) is 5.56 Å². The first-order chi connectivity index (χ1) is 11.0. The molecule has 2 aromatic rings. The molecule has 0 amide bonds. The topological polar surface area (TPSA) is 111 Å². The summed E-state index contributed by atoms with van der Waals surface area (Å²) in [7, 11) is 0. The van der Waals surface area contributed by atoms with Crippen LogP contribution in [0.25, 0.3) is 11.3 Å². The third kappa shape index (κ3) is 3.73. The zero-order chi connectivity index (χ0) is 17.0. The zero-order valence-electron chi connectivity index (χ0n) is 13.0. The molecule has 0 radical (unpaired) electrons. The summed E-state index contributed by atoms with van der Waals surface area (Å²) in [5.74, 6) is -0.451. The normalized spacial score (nSPS) is 11.9. The predicted molar refractivity (Wildman–Crippen MR) is 85.5 cm³/mol. The van der Waals surface area contributed by atoms with E-state index in [1.165, 1.54) is 18.2 Å². The first-order valence-electron chi connectivity index (χ1n) is 7.19. The van der Waals surface area contributed by atoms with Crippen LogP contribution in [-0.4, -0.2) is 16.1 Å². The lowest BCUT2D eigenvalue weighted by atomic mass is 10.0. The fourth-order valence-corrected chi connectivity index (χ4v) is 2.06. The number of benzene rings is 1. The van der Waals surface area contributed by atoms with Gasteiger partial charge in [-0.25, -0.2) is 9.37 Å². The molecule has 1 aromatic carbocycles. The molecular formula is C16H18FN5O. The van der Waals surface area contributed by atoms with E-state index < -0.39 is 5.82 Å². The van der Waals surface area contributed by atoms with Gasteiger partial charge in [0.25, 0.3) is 0 Å². The van der Waals surface area contributed by atoms with Crippen LogP contribution in [0, 0.1) is 17.1 Å². The molecule has 23 heavy (non-hydrogen) atoms. The summed E-state index contributed by atoms with van der Waals surface area (Å²) >= 11 is 0. The molecule has 0 fully saturated rings. The first-order valence-corrected chi connectivity index (χ1v) is 7.19. The number of hydrogen-bond donors (Lipinski definition) is 2. The minimum atomic E-state index is -0.398. The van der Waals surface area contributed by atoms with Crippen LogP contribution in [0.3, 0.4) is 0 Å². The molecule has 120 valence electrons. The van der Waals surface area contributed by atoms with E-state index in [2.05, 4.69) is 9.97 Å². The Labute approximate surface area is 133 Å². The van der Waals surface area contributed by atoms with Gasteiger partial charge in [-0.1, -0.05) is 6.92 Å². The number of halogens is 1. The average Bonchev–Trinajstić information content (AvgIpc) is 2.52. The summed E-state index contributed by atoms with van der Waals surface area (Å²) in [6.45, 7) is 4.12. The highest BCUT2D eigenvalue weighted by Crippen LogP contribution is 2.29. The molecule has 1 atom stereocenters.